The second kappa shape index (κ2) is 11.5. The van der Waals surface area contributed by atoms with Crippen molar-refractivity contribution < 1.29 is 24.5 Å². The molecule has 1 aromatic heterocycles. The number of nitrogens with zero attached hydrogens (tertiary/aromatic N) is 2. The molecule has 0 spiro atoms. The third kappa shape index (κ3) is 7.73. The lowest BCUT2D eigenvalue weighted by atomic mass is 9.85. The van der Waals surface area contributed by atoms with Crippen LogP contribution in [0.4, 0.5) is 4.79 Å². The molecule has 1 fully saturated rings. The van der Waals surface area contributed by atoms with Crippen molar-refractivity contribution in [1.82, 2.24) is 20.5 Å². The molecule has 1 aliphatic heterocycles. The number of likely N-dealkylation sites (tertiary alicyclic amines) is 1. The van der Waals surface area contributed by atoms with Gasteiger partial charge in [0.2, 0.25) is 5.91 Å². The Balaban J connectivity index is 1.67. The molecule has 3 rings (SSSR count). The molecule has 0 saturated carbocycles. The van der Waals surface area contributed by atoms with Crippen LogP contribution in [0.1, 0.15) is 59.2 Å². The monoisotopic (exact) mass is 532 g/mol. The van der Waals surface area contributed by atoms with Gasteiger partial charge < -0.3 is 25.2 Å². The number of aryl methyl sites for hydroxylation is 1. The van der Waals surface area contributed by atoms with Crippen LogP contribution in [0.3, 0.4) is 0 Å². The predicted molar refractivity (Wildman–Crippen MR) is 144 cm³/mol. The lowest BCUT2D eigenvalue weighted by molar-refractivity contribution is -0.139. The molecule has 204 valence electrons. The molecule has 0 radical (unpaired) electrons. The molecule has 1 unspecified atom stereocenters. The quantitative estimate of drug-likeness (QED) is 0.403. The van der Waals surface area contributed by atoms with Crippen LogP contribution in [0.5, 0.6) is 0 Å². The number of nitrogens with one attached hydrogen (secondary N) is 2. The number of carbonyl (C=O) groups is 2. The molecule has 9 nitrogen and oxygen atoms in total. The van der Waals surface area contributed by atoms with Crippen molar-refractivity contribution in [1.29, 1.82) is 0 Å². The van der Waals surface area contributed by atoms with E-state index >= 15 is 0 Å². The third-order valence-corrected chi connectivity index (χ3v) is 7.20. The number of thiazole rings is 1. The van der Waals surface area contributed by atoms with Crippen molar-refractivity contribution in [2.24, 2.45) is 5.41 Å². The Morgan fingerprint density at radius 1 is 1.19 bits per heavy atom. The number of hydrogen-bond acceptors (Lipinski definition) is 8. The standard InChI is InChI=1S/C27H40N4O5S/c1-16-21(37-15-29-16)18-10-8-17(9-11-18)13-28-23(33)20-12-19(32)14-31(20)24(34)22(26(2,3)4)30-25(35)36-27(5,6)7/h8-11,15,19-20,22-23,28,32-33H,12-14H2,1-7H3,(H,30,35)/t19-,20+,22-,23?/m1/s1. The Labute approximate surface area is 223 Å². The van der Waals surface area contributed by atoms with Crippen molar-refractivity contribution >= 4 is 23.3 Å². The largest absolute Gasteiger partial charge is 0.444 e. The minimum atomic E-state index is -1.06. The average molecular weight is 533 g/mol. The summed E-state index contributed by atoms with van der Waals surface area (Å²) in [4.78, 5) is 33.0. The average Bonchev–Trinajstić information content (AvgIpc) is 3.39. The van der Waals surface area contributed by atoms with Gasteiger partial charge >= 0.3 is 6.09 Å². The lowest BCUT2D eigenvalue weighted by Gasteiger charge is -2.37. The van der Waals surface area contributed by atoms with Gasteiger partial charge in [0.05, 0.1) is 28.2 Å². The number of aliphatic hydroxyl groups is 2. The van der Waals surface area contributed by atoms with Gasteiger partial charge in [-0.3, -0.25) is 10.1 Å². The molecule has 10 heteroatoms. The van der Waals surface area contributed by atoms with E-state index in [2.05, 4.69) is 15.6 Å². The highest BCUT2D eigenvalue weighted by Gasteiger charge is 2.44. The molecule has 2 heterocycles. The topological polar surface area (TPSA) is 124 Å². The Hall–Kier alpha value is -2.53. The predicted octanol–water partition coefficient (Wildman–Crippen LogP) is 3.43. The zero-order chi connectivity index (χ0) is 27.5. The summed E-state index contributed by atoms with van der Waals surface area (Å²) in [7, 11) is 0. The van der Waals surface area contributed by atoms with E-state index in [1.54, 1.807) is 32.1 Å². The van der Waals surface area contributed by atoms with Crippen LogP contribution in [-0.4, -0.2) is 68.7 Å². The second-order valence-corrected chi connectivity index (χ2v) is 12.5. The Bertz CT molecular complexity index is 1070. The number of amides is 2. The molecule has 1 aromatic carbocycles. The van der Waals surface area contributed by atoms with E-state index in [0.717, 1.165) is 21.7 Å². The van der Waals surface area contributed by atoms with E-state index in [1.165, 1.54) is 4.90 Å². The Morgan fingerprint density at radius 2 is 1.84 bits per heavy atom. The smallest absolute Gasteiger partial charge is 0.408 e. The van der Waals surface area contributed by atoms with Crippen LogP contribution in [0, 0.1) is 12.3 Å². The van der Waals surface area contributed by atoms with Gasteiger partial charge in [-0.2, -0.15) is 0 Å². The maximum absolute atomic E-state index is 13.6. The number of rotatable bonds is 7. The number of hydrogen-bond donors (Lipinski definition) is 4. The maximum atomic E-state index is 13.6. The van der Waals surface area contributed by atoms with Crippen LogP contribution in [-0.2, 0) is 16.1 Å². The van der Waals surface area contributed by atoms with Gasteiger partial charge in [0.15, 0.2) is 0 Å². The van der Waals surface area contributed by atoms with E-state index in [0.29, 0.717) is 6.54 Å². The fraction of sp³-hybridized carbons (Fsp3) is 0.593. The fourth-order valence-corrected chi connectivity index (χ4v) is 5.16. The third-order valence-electron chi connectivity index (χ3n) is 6.22. The highest BCUT2D eigenvalue weighted by atomic mass is 32.1. The first-order valence-corrected chi connectivity index (χ1v) is 13.4. The summed E-state index contributed by atoms with van der Waals surface area (Å²) in [6.45, 7) is 13.2. The number of β-amino-alcohol motifs (C(OH)–C–C–N with tert-alkyl or cyclic N) is 1. The van der Waals surface area contributed by atoms with Gasteiger partial charge in [0.1, 0.15) is 17.9 Å². The van der Waals surface area contributed by atoms with E-state index in [9.17, 15) is 19.8 Å². The van der Waals surface area contributed by atoms with Gasteiger partial charge in [-0.15, -0.1) is 11.3 Å². The molecule has 0 bridgehead atoms. The highest BCUT2D eigenvalue weighted by Crippen LogP contribution is 2.29. The highest BCUT2D eigenvalue weighted by molar-refractivity contribution is 7.13. The summed E-state index contributed by atoms with van der Waals surface area (Å²) in [6.07, 6.45) is -2.29. The fourth-order valence-electron chi connectivity index (χ4n) is 4.35. The molecule has 37 heavy (non-hydrogen) atoms. The van der Waals surface area contributed by atoms with Crippen molar-refractivity contribution in [3.63, 3.8) is 0 Å². The van der Waals surface area contributed by atoms with E-state index < -0.39 is 41.5 Å². The van der Waals surface area contributed by atoms with Crippen LogP contribution in [0.25, 0.3) is 10.4 Å². The summed E-state index contributed by atoms with van der Waals surface area (Å²) in [5.41, 5.74) is 3.55. The summed E-state index contributed by atoms with van der Waals surface area (Å²) in [6, 6.07) is 6.48. The first-order valence-electron chi connectivity index (χ1n) is 12.5. The summed E-state index contributed by atoms with van der Waals surface area (Å²) in [5, 5.41) is 27.1. The van der Waals surface area contributed by atoms with Crippen LogP contribution >= 0.6 is 11.3 Å². The van der Waals surface area contributed by atoms with Crippen molar-refractivity contribution in [2.45, 2.75) is 91.4 Å². The normalized spacial score (nSPS) is 20.0. The van der Waals surface area contributed by atoms with Crippen LogP contribution < -0.4 is 10.6 Å². The van der Waals surface area contributed by atoms with Gasteiger partial charge in [-0.1, -0.05) is 45.0 Å². The summed E-state index contributed by atoms with van der Waals surface area (Å²) in [5.74, 6) is -0.370. The number of benzene rings is 1. The van der Waals surface area contributed by atoms with Crippen molar-refractivity contribution in [3.8, 4) is 10.4 Å². The molecule has 2 aromatic rings. The zero-order valence-corrected chi connectivity index (χ0v) is 23.6. The lowest BCUT2D eigenvalue weighted by Crippen LogP contribution is -2.59. The minimum absolute atomic E-state index is 0.0771. The van der Waals surface area contributed by atoms with E-state index in [1.807, 2.05) is 57.5 Å². The minimum Gasteiger partial charge on any atom is -0.444 e. The van der Waals surface area contributed by atoms with Crippen LogP contribution in [0.2, 0.25) is 0 Å². The molecule has 1 aliphatic rings. The first-order chi connectivity index (χ1) is 17.2. The molecule has 4 N–H and O–H groups in total. The molecular formula is C27H40N4O5S. The first kappa shape index (κ1) is 29.0. The number of aromatic nitrogens is 1. The molecule has 4 atom stereocenters. The number of ether oxygens (including phenoxy) is 1. The van der Waals surface area contributed by atoms with Gasteiger partial charge in [-0.05, 0) is 50.7 Å². The molecule has 0 aliphatic carbocycles. The maximum Gasteiger partial charge on any atom is 0.408 e. The van der Waals surface area contributed by atoms with Gasteiger partial charge in [-0.25, -0.2) is 9.78 Å². The second-order valence-electron chi connectivity index (χ2n) is 11.7. The molecule has 1 saturated heterocycles. The molecular weight excluding hydrogens is 492 g/mol. The number of aliphatic hydroxyl groups excluding tert-OH is 2. The van der Waals surface area contributed by atoms with Crippen molar-refractivity contribution in [3.05, 3.63) is 41.0 Å². The Morgan fingerprint density at radius 3 is 2.38 bits per heavy atom. The number of alkyl carbamates (subject to hydrolysis) is 1. The van der Waals surface area contributed by atoms with Gasteiger partial charge in [0.25, 0.3) is 0 Å². The SMILES string of the molecule is Cc1ncsc1-c1ccc(CNC(O)[C@@H]2C[C@@H](O)CN2C(=O)[C@@H](NC(=O)OC(C)(C)C)C(C)(C)C)cc1. The number of carbonyl (C=O) groups excluding carboxylic acids is 2. The van der Waals surface area contributed by atoms with Gasteiger partial charge in [0, 0.05) is 13.1 Å². The van der Waals surface area contributed by atoms with Crippen LogP contribution in [0.15, 0.2) is 29.8 Å². The van der Waals surface area contributed by atoms with Crippen molar-refractivity contribution in [2.75, 3.05) is 6.54 Å². The molecule has 2 amide bonds. The van der Waals surface area contributed by atoms with E-state index in [-0.39, 0.29) is 18.9 Å². The zero-order valence-electron chi connectivity index (χ0n) is 22.7. The summed E-state index contributed by atoms with van der Waals surface area (Å²) < 4.78 is 5.36. The summed E-state index contributed by atoms with van der Waals surface area (Å²) >= 11 is 1.59. The Kier molecular flexibility index (Phi) is 9.00. The van der Waals surface area contributed by atoms with E-state index in [4.69, 9.17) is 4.74 Å².